The molecule has 5 aliphatic rings. The number of anilines is 1. The Balaban J connectivity index is 1.20. The number of nitrogens with zero attached hydrogens (tertiary/aromatic N) is 3. The van der Waals surface area contributed by atoms with Gasteiger partial charge in [0, 0.05) is 48.1 Å². The minimum atomic E-state index is -1.22. The Morgan fingerprint density at radius 2 is 1.73 bits per heavy atom. The molecule has 324 valence electrons. The fourth-order valence-electron chi connectivity index (χ4n) is 10.9. The number of benzene rings is 3. The first kappa shape index (κ1) is 43.6. The van der Waals surface area contributed by atoms with E-state index in [1.807, 2.05) is 73.6 Å². The van der Waals surface area contributed by atoms with Gasteiger partial charge in [0.1, 0.15) is 24.4 Å². The van der Waals surface area contributed by atoms with Gasteiger partial charge in [0.2, 0.25) is 5.91 Å². The molecule has 60 heavy (non-hydrogen) atoms. The fraction of sp³-hybridized carbons (Fsp3) is 0.553. The molecule has 3 aromatic rings. The summed E-state index contributed by atoms with van der Waals surface area (Å²) in [6.07, 6.45) is 2.20. The normalized spacial score (nSPS) is 29.4. The molecular formula is C47H63N5O8. The molecule has 3 aromatic carbocycles. The maximum absolute atomic E-state index is 14.6. The number of aliphatic hydroxyl groups is 2. The predicted molar refractivity (Wildman–Crippen MR) is 229 cm³/mol. The Kier molecular flexibility index (Phi) is 12.1. The Labute approximate surface area is 354 Å². The molecule has 1 saturated heterocycles. The standard InChI is InChI=1S/C47H63N5O8/c1-28-37-21-33(45(37,2)3)22-38(28)49-44(57)42-47(27-46(47,4)58)39(26-53)60-52(42)23-30-15-12-16-36(41(30)59-8)31-18-32(20-35(19-31)51(7)25-40(54)55)43(56)48-34(24-50(5)6)17-29-13-10-9-11-14-29/h9-16,18-20,28,33-34,37-39,42,53,58H,17,21-27H2,1-8H3,(H,48,56)(H,49,57)(H,54,55)/t28-,33+,34-,37-,38-,39-,42+,46?,47+/m0/s1. The highest BCUT2D eigenvalue weighted by Crippen LogP contribution is 2.66. The third-order valence-electron chi connectivity index (χ3n) is 14.4. The number of ether oxygens (including phenoxy) is 1. The number of hydrogen-bond donors (Lipinski definition) is 5. The van der Waals surface area contributed by atoms with Gasteiger partial charge in [0.25, 0.3) is 5.91 Å². The van der Waals surface area contributed by atoms with Gasteiger partial charge in [0.05, 0.1) is 31.3 Å². The lowest BCUT2D eigenvalue weighted by molar-refractivity contribution is -0.183. The van der Waals surface area contributed by atoms with Gasteiger partial charge in [-0.25, -0.2) is 0 Å². The number of carbonyl (C=O) groups excluding carboxylic acids is 2. The van der Waals surface area contributed by atoms with Crippen LogP contribution in [0.5, 0.6) is 5.75 Å². The van der Waals surface area contributed by atoms with E-state index in [0.29, 0.717) is 70.8 Å². The van der Waals surface area contributed by atoms with Crippen molar-refractivity contribution in [3.63, 3.8) is 0 Å². The van der Waals surface area contributed by atoms with Gasteiger partial charge in [0.15, 0.2) is 0 Å². The maximum Gasteiger partial charge on any atom is 0.323 e. The Hall–Kier alpha value is -4.53. The average molecular weight is 826 g/mol. The summed E-state index contributed by atoms with van der Waals surface area (Å²) in [5.41, 5.74) is 1.94. The number of aliphatic hydroxyl groups excluding tert-OH is 1. The highest BCUT2D eigenvalue weighted by Gasteiger charge is 2.78. The van der Waals surface area contributed by atoms with Crippen LogP contribution in [-0.2, 0) is 27.4 Å². The van der Waals surface area contributed by atoms with Crippen LogP contribution in [0.3, 0.4) is 0 Å². The molecular weight excluding hydrogens is 763 g/mol. The number of fused-ring (bicyclic) bond motifs is 2. The lowest BCUT2D eigenvalue weighted by atomic mass is 9.45. The van der Waals surface area contributed by atoms with Crippen LogP contribution in [0.25, 0.3) is 11.1 Å². The quantitative estimate of drug-likeness (QED) is 0.137. The SMILES string of the molecule is COc1c(CN2O[C@@H](CO)[C@]3(CC3(C)O)[C@H]2C(=O)N[C@H]2C[C@H]3C[C@@H]([C@@H]2C)C3(C)C)cccc1-c1cc(C(=O)N[C@@H](Cc2ccccc2)CN(C)C)cc(N(C)CC(=O)O)c1. The summed E-state index contributed by atoms with van der Waals surface area (Å²) >= 11 is 0. The van der Waals surface area contributed by atoms with Gasteiger partial charge in [-0.05, 0) is 99.2 Å². The topological polar surface area (TPSA) is 164 Å². The van der Waals surface area contributed by atoms with E-state index in [4.69, 9.17) is 9.57 Å². The number of carbonyl (C=O) groups is 3. The van der Waals surface area contributed by atoms with E-state index >= 15 is 0 Å². The summed E-state index contributed by atoms with van der Waals surface area (Å²) in [6.45, 7) is 8.63. The summed E-state index contributed by atoms with van der Waals surface area (Å²) in [5, 5.41) is 40.0. The molecule has 13 heteroatoms. The molecule has 4 aliphatic carbocycles. The lowest BCUT2D eigenvalue weighted by Crippen LogP contribution is -2.62. The molecule has 1 heterocycles. The van der Waals surface area contributed by atoms with Gasteiger partial charge >= 0.3 is 5.97 Å². The van der Waals surface area contributed by atoms with Crippen molar-refractivity contribution >= 4 is 23.5 Å². The third kappa shape index (κ3) is 8.14. The Bertz CT molecular complexity index is 2080. The van der Waals surface area contributed by atoms with E-state index in [1.54, 1.807) is 43.2 Å². The molecule has 8 rings (SSSR count). The fourth-order valence-corrected chi connectivity index (χ4v) is 10.9. The van der Waals surface area contributed by atoms with E-state index in [2.05, 4.69) is 31.4 Å². The van der Waals surface area contributed by atoms with Crippen LogP contribution in [0.2, 0.25) is 0 Å². The van der Waals surface area contributed by atoms with Crippen LogP contribution in [-0.4, -0.2) is 121 Å². The molecule has 2 bridgehead atoms. The molecule has 0 aromatic heterocycles. The van der Waals surface area contributed by atoms with Crippen molar-refractivity contribution in [2.75, 3.05) is 52.8 Å². The maximum atomic E-state index is 14.6. The van der Waals surface area contributed by atoms with Crippen molar-refractivity contribution < 1.29 is 39.3 Å². The Morgan fingerprint density at radius 1 is 1.02 bits per heavy atom. The molecule has 1 aliphatic heterocycles. The van der Waals surface area contributed by atoms with E-state index in [9.17, 15) is 29.7 Å². The summed E-state index contributed by atoms with van der Waals surface area (Å²) in [6, 6.07) is 19.8. The van der Waals surface area contributed by atoms with Crippen LogP contribution < -0.4 is 20.3 Å². The predicted octanol–water partition coefficient (Wildman–Crippen LogP) is 4.59. The van der Waals surface area contributed by atoms with Crippen molar-refractivity contribution in [1.29, 1.82) is 0 Å². The van der Waals surface area contributed by atoms with E-state index in [-0.39, 0.29) is 49.0 Å². The van der Waals surface area contributed by atoms with E-state index in [1.165, 1.54) is 6.42 Å². The zero-order chi connectivity index (χ0) is 43.3. The molecule has 0 radical (unpaired) electrons. The highest BCUT2D eigenvalue weighted by molar-refractivity contribution is 5.97. The van der Waals surface area contributed by atoms with Gasteiger partial charge < -0.3 is 40.5 Å². The number of likely N-dealkylation sites (N-methyl/N-ethyl adjacent to an activating group) is 2. The van der Waals surface area contributed by atoms with Crippen molar-refractivity contribution in [3.05, 3.63) is 83.4 Å². The second-order valence-corrected chi connectivity index (χ2v) is 19.0. The molecule has 1 spiro atoms. The first-order valence-corrected chi connectivity index (χ1v) is 21.2. The number of aliphatic carboxylic acids is 1. The first-order chi connectivity index (χ1) is 28.4. The van der Waals surface area contributed by atoms with Gasteiger partial charge in [-0.1, -0.05) is 69.3 Å². The molecule has 9 atom stereocenters. The molecule has 1 unspecified atom stereocenters. The lowest BCUT2D eigenvalue weighted by Gasteiger charge is -2.62. The molecule has 2 amide bonds. The van der Waals surface area contributed by atoms with Gasteiger partial charge in [-0.3, -0.25) is 19.2 Å². The number of para-hydroxylation sites is 1. The summed E-state index contributed by atoms with van der Waals surface area (Å²) in [4.78, 5) is 50.6. The highest BCUT2D eigenvalue weighted by atomic mass is 16.7. The number of carboxylic acid groups (broad SMARTS) is 1. The first-order valence-electron chi connectivity index (χ1n) is 21.2. The number of hydrogen-bond acceptors (Lipinski definition) is 10. The van der Waals surface area contributed by atoms with Crippen LogP contribution >= 0.6 is 0 Å². The second kappa shape index (κ2) is 16.7. The second-order valence-electron chi connectivity index (χ2n) is 19.0. The molecule has 13 nitrogen and oxygen atoms in total. The van der Waals surface area contributed by atoms with Gasteiger partial charge in [-0.2, -0.15) is 5.06 Å². The zero-order valence-corrected chi connectivity index (χ0v) is 36.3. The van der Waals surface area contributed by atoms with Crippen LogP contribution in [0, 0.1) is 28.6 Å². The van der Waals surface area contributed by atoms with Crippen molar-refractivity contribution in [2.24, 2.45) is 28.6 Å². The van der Waals surface area contributed by atoms with Crippen molar-refractivity contribution in [1.82, 2.24) is 20.6 Å². The molecule has 4 saturated carbocycles. The molecule has 5 N–H and O–H groups in total. The van der Waals surface area contributed by atoms with Crippen LogP contribution in [0.15, 0.2) is 66.7 Å². The Morgan fingerprint density at radius 3 is 2.33 bits per heavy atom. The van der Waals surface area contributed by atoms with E-state index < -0.39 is 29.1 Å². The number of rotatable bonds is 16. The third-order valence-corrected chi connectivity index (χ3v) is 14.4. The van der Waals surface area contributed by atoms with Crippen LogP contribution in [0.1, 0.15) is 68.4 Å². The number of hydroxylamine groups is 2. The number of carboxylic acids is 1. The average Bonchev–Trinajstić information content (AvgIpc) is 3.62. The van der Waals surface area contributed by atoms with Crippen molar-refractivity contribution in [3.8, 4) is 16.9 Å². The van der Waals surface area contributed by atoms with Crippen molar-refractivity contribution in [2.45, 2.75) is 89.8 Å². The van der Waals surface area contributed by atoms with Crippen LogP contribution in [0.4, 0.5) is 5.69 Å². The largest absolute Gasteiger partial charge is 0.496 e. The summed E-state index contributed by atoms with van der Waals surface area (Å²) in [7, 11) is 7.14. The van der Waals surface area contributed by atoms with Gasteiger partial charge in [-0.15, -0.1) is 0 Å². The monoisotopic (exact) mass is 825 g/mol. The minimum absolute atomic E-state index is 0.00246. The summed E-state index contributed by atoms with van der Waals surface area (Å²) in [5.74, 6) is 0.299. The van der Waals surface area contributed by atoms with E-state index in [0.717, 1.165) is 12.0 Å². The number of nitrogens with one attached hydrogen (secondary N) is 2. The number of amides is 2. The zero-order valence-electron chi connectivity index (χ0n) is 36.3. The number of methoxy groups -OCH3 is 1. The summed E-state index contributed by atoms with van der Waals surface area (Å²) < 4.78 is 6.11. The smallest absolute Gasteiger partial charge is 0.323 e. The molecule has 5 fully saturated rings. The minimum Gasteiger partial charge on any atom is -0.496 e.